The van der Waals surface area contributed by atoms with E-state index in [-0.39, 0.29) is 18.3 Å². The van der Waals surface area contributed by atoms with E-state index in [0.29, 0.717) is 24.6 Å². The summed E-state index contributed by atoms with van der Waals surface area (Å²) in [5, 5.41) is 0. The number of benzene rings is 2. The van der Waals surface area contributed by atoms with Crippen LogP contribution in [0.3, 0.4) is 0 Å². The van der Waals surface area contributed by atoms with E-state index in [9.17, 15) is 9.18 Å². The molecule has 0 spiro atoms. The average molecular weight is 367 g/mol. The van der Waals surface area contributed by atoms with Crippen LogP contribution in [-0.4, -0.2) is 17.4 Å². The van der Waals surface area contributed by atoms with Crippen LogP contribution in [0, 0.1) is 19.7 Å². The molecular weight excluding hydrogens is 345 g/mol. The van der Waals surface area contributed by atoms with E-state index < -0.39 is 0 Å². The molecule has 0 N–H and O–H groups in total. The van der Waals surface area contributed by atoms with Gasteiger partial charge in [-0.3, -0.25) is 4.79 Å². The third-order valence-electron chi connectivity index (χ3n) is 4.47. The Kier molecular flexibility index (Phi) is 5.91. The quantitative estimate of drug-likeness (QED) is 0.611. The maximum atomic E-state index is 13.2. The average Bonchev–Trinajstić information content (AvgIpc) is 3.17. The van der Waals surface area contributed by atoms with Crippen LogP contribution in [0.15, 0.2) is 65.3 Å². The second-order valence-corrected chi connectivity index (χ2v) is 6.44. The predicted octanol–water partition coefficient (Wildman–Crippen LogP) is 4.64. The fourth-order valence-corrected chi connectivity index (χ4v) is 2.74. The van der Waals surface area contributed by atoms with Crippen LogP contribution in [0.2, 0.25) is 0 Å². The molecule has 140 valence electrons. The molecule has 3 aromatic rings. The molecule has 1 heterocycles. The topological polar surface area (TPSA) is 42.7 Å². The molecule has 0 saturated carbocycles. The highest BCUT2D eigenvalue weighted by atomic mass is 19.1. The summed E-state index contributed by atoms with van der Waals surface area (Å²) < 4.78 is 24.3. The number of aryl methyl sites for hydroxylation is 1. The van der Waals surface area contributed by atoms with Gasteiger partial charge in [-0.2, -0.15) is 0 Å². The lowest BCUT2D eigenvalue weighted by molar-refractivity contribution is -0.134. The zero-order chi connectivity index (χ0) is 19.2. The minimum atomic E-state index is -0.305. The summed E-state index contributed by atoms with van der Waals surface area (Å²) in [6.45, 7) is 4.55. The lowest BCUT2D eigenvalue weighted by Crippen LogP contribution is -2.34. The van der Waals surface area contributed by atoms with E-state index in [4.69, 9.17) is 9.15 Å². The Labute approximate surface area is 158 Å². The van der Waals surface area contributed by atoms with E-state index in [1.165, 1.54) is 12.1 Å². The molecule has 0 fully saturated rings. The Morgan fingerprint density at radius 3 is 2.52 bits per heavy atom. The molecule has 2 aromatic carbocycles. The number of rotatable bonds is 7. The molecule has 0 saturated heterocycles. The van der Waals surface area contributed by atoms with Gasteiger partial charge in [0.25, 0.3) is 5.91 Å². The highest BCUT2D eigenvalue weighted by molar-refractivity contribution is 5.77. The van der Waals surface area contributed by atoms with Gasteiger partial charge in [-0.05, 0) is 60.9 Å². The van der Waals surface area contributed by atoms with Crippen LogP contribution in [0.25, 0.3) is 0 Å². The molecule has 0 aliphatic heterocycles. The number of hydrogen-bond acceptors (Lipinski definition) is 3. The van der Waals surface area contributed by atoms with Crippen LogP contribution in [-0.2, 0) is 17.9 Å². The first kappa shape index (κ1) is 18.7. The predicted molar refractivity (Wildman–Crippen MR) is 101 cm³/mol. The van der Waals surface area contributed by atoms with Crippen molar-refractivity contribution in [1.82, 2.24) is 4.90 Å². The number of furan rings is 1. The molecule has 0 radical (unpaired) electrons. The van der Waals surface area contributed by atoms with Crippen molar-refractivity contribution < 1.29 is 18.3 Å². The van der Waals surface area contributed by atoms with Crippen LogP contribution in [0.4, 0.5) is 4.39 Å². The van der Waals surface area contributed by atoms with Gasteiger partial charge in [-0.1, -0.05) is 24.3 Å². The smallest absolute Gasteiger partial charge is 0.261 e. The van der Waals surface area contributed by atoms with Gasteiger partial charge < -0.3 is 14.1 Å². The molecule has 1 amide bonds. The first-order valence-electron chi connectivity index (χ1n) is 8.76. The van der Waals surface area contributed by atoms with E-state index in [2.05, 4.69) is 0 Å². The summed E-state index contributed by atoms with van der Waals surface area (Å²) in [6.07, 6.45) is 1.57. The zero-order valence-corrected chi connectivity index (χ0v) is 15.4. The molecule has 0 aliphatic carbocycles. The molecule has 3 rings (SSSR count). The minimum absolute atomic E-state index is 0.0772. The van der Waals surface area contributed by atoms with Crippen LogP contribution >= 0.6 is 0 Å². The van der Waals surface area contributed by atoms with Crippen molar-refractivity contribution in [3.05, 3.63) is 89.1 Å². The van der Waals surface area contributed by atoms with Crippen LogP contribution < -0.4 is 4.74 Å². The largest absolute Gasteiger partial charge is 0.483 e. The molecule has 0 aliphatic rings. The van der Waals surface area contributed by atoms with Gasteiger partial charge in [0.05, 0.1) is 12.8 Å². The Bertz CT molecular complexity index is 888. The third-order valence-corrected chi connectivity index (χ3v) is 4.47. The molecule has 5 heteroatoms. The maximum absolute atomic E-state index is 13.2. The normalized spacial score (nSPS) is 10.6. The number of halogens is 1. The first-order valence-corrected chi connectivity index (χ1v) is 8.76. The number of carbonyl (C=O) groups is 1. The van der Waals surface area contributed by atoms with Crippen molar-refractivity contribution in [1.29, 1.82) is 0 Å². The van der Waals surface area contributed by atoms with Crippen molar-refractivity contribution in [3.63, 3.8) is 0 Å². The van der Waals surface area contributed by atoms with E-state index in [1.54, 1.807) is 29.4 Å². The molecule has 4 nitrogen and oxygen atoms in total. The molecule has 0 atom stereocenters. The van der Waals surface area contributed by atoms with Crippen molar-refractivity contribution >= 4 is 5.91 Å². The van der Waals surface area contributed by atoms with Crippen molar-refractivity contribution in [2.24, 2.45) is 0 Å². The first-order chi connectivity index (χ1) is 13.0. The van der Waals surface area contributed by atoms with Crippen LogP contribution in [0.5, 0.6) is 5.75 Å². The summed E-state index contributed by atoms with van der Waals surface area (Å²) in [5.74, 6) is 0.901. The maximum Gasteiger partial charge on any atom is 0.261 e. The Balaban J connectivity index is 1.71. The van der Waals surface area contributed by atoms with Crippen molar-refractivity contribution in [2.75, 3.05) is 6.61 Å². The summed E-state index contributed by atoms with van der Waals surface area (Å²) in [4.78, 5) is 14.4. The number of nitrogens with zero attached hydrogens (tertiary/aromatic N) is 1. The Morgan fingerprint density at radius 2 is 1.81 bits per heavy atom. The van der Waals surface area contributed by atoms with Gasteiger partial charge >= 0.3 is 0 Å². The highest BCUT2D eigenvalue weighted by Crippen LogP contribution is 2.21. The minimum Gasteiger partial charge on any atom is -0.483 e. The number of amides is 1. The number of hydrogen-bond donors (Lipinski definition) is 0. The van der Waals surface area contributed by atoms with Gasteiger partial charge in [0, 0.05) is 6.54 Å². The third kappa shape index (κ3) is 4.97. The zero-order valence-electron chi connectivity index (χ0n) is 15.4. The van der Waals surface area contributed by atoms with Gasteiger partial charge in [0.15, 0.2) is 6.61 Å². The lowest BCUT2D eigenvalue weighted by Gasteiger charge is -2.22. The fourth-order valence-electron chi connectivity index (χ4n) is 2.74. The SMILES string of the molecule is Cc1cccc(OCC(=O)N(Cc2ccc(F)cc2)Cc2ccco2)c1C. The lowest BCUT2D eigenvalue weighted by atomic mass is 10.1. The summed E-state index contributed by atoms with van der Waals surface area (Å²) in [6, 6.07) is 15.5. The van der Waals surface area contributed by atoms with Gasteiger partial charge in [-0.25, -0.2) is 4.39 Å². The molecular formula is C22H22FNO3. The van der Waals surface area contributed by atoms with Gasteiger partial charge in [-0.15, -0.1) is 0 Å². The monoisotopic (exact) mass is 367 g/mol. The molecule has 0 bridgehead atoms. The van der Waals surface area contributed by atoms with E-state index >= 15 is 0 Å². The molecule has 27 heavy (non-hydrogen) atoms. The molecule has 0 unspecified atom stereocenters. The number of ether oxygens (including phenoxy) is 1. The molecule has 1 aromatic heterocycles. The summed E-state index contributed by atoms with van der Waals surface area (Å²) >= 11 is 0. The van der Waals surface area contributed by atoms with E-state index in [0.717, 1.165) is 16.7 Å². The Hall–Kier alpha value is -3.08. The highest BCUT2D eigenvalue weighted by Gasteiger charge is 2.17. The standard InChI is InChI=1S/C22H22FNO3/c1-16-5-3-7-21(17(16)2)27-15-22(25)24(14-20-6-4-12-26-20)13-18-8-10-19(23)11-9-18/h3-12H,13-15H2,1-2H3. The van der Waals surface area contributed by atoms with Crippen LogP contribution in [0.1, 0.15) is 22.5 Å². The summed E-state index contributed by atoms with van der Waals surface area (Å²) in [7, 11) is 0. The van der Waals surface area contributed by atoms with Crippen molar-refractivity contribution in [3.8, 4) is 5.75 Å². The second-order valence-electron chi connectivity index (χ2n) is 6.44. The number of carbonyl (C=O) groups excluding carboxylic acids is 1. The fraction of sp³-hybridized carbons (Fsp3) is 0.227. The summed E-state index contributed by atoms with van der Waals surface area (Å²) in [5.41, 5.74) is 2.96. The van der Waals surface area contributed by atoms with E-state index in [1.807, 2.05) is 38.1 Å². The van der Waals surface area contributed by atoms with Gasteiger partial charge in [0.1, 0.15) is 17.3 Å². The Morgan fingerprint density at radius 1 is 1.04 bits per heavy atom. The van der Waals surface area contributed by atoms with Gasteiger partial charge in [0.2, 0.25) is 0 Å². The van der Waals surface area contributed by atoms with Crippen molar-refractivity contribution in [2.45, 2.75) is 26.9 Å². The second kappa shape index (κ2) is 8.54.